The fourth-order valence-corrected chi connectivity index (χ4v) is 1.86. The molecule has 0 aromatic heterocycles. The van der Waals surface area contributed by atoms with Crippen molar-refractivity contribution in [2.75, 3.05) is 12.4 Å². The van der Waals surface area contributed by atoms with Crippen LogP contribution < -0.4 is 15.2 Å². The fraction of sp³-hybridized carbons (Fsp3) is 0.222. The van der Waals surface area contributed by atoms with Gasteiger partial charge >= 0.3 is 0 Å². The minimum Gasteiger partial charge on any atom is -0.495 e. The van der Waals surface area contributed by atoms with E-state index in [1.54, 1.807) is 0 Å². The standard InChI is InChI=1S/C9H12N2O4S/c1-6(12)11-7-3-4-9(16(10,13)14)8(5-7)15-2/h3-5H,1-2H3,(H,11,12)(H2,10,13,14). The Kier molecular flexibility index (Phi) is 3.51. The normalized spacial score (nSPS) is 10.9. The van der Waals surface area contributed by atoms with Gasteiger partial charge in [-0.25, -0.2) is 13.6 Å². The number of nitrogens with one attached hydrogen (secondary N) is 1. The molecule has 0 aliphatic heterocycles. The van der Waals surface area contributed by atoms with Gasteiger partial charge in [0.05, 0.1) is 7.11 Å². The molecule has 7 heteroatoms. The number of ether oxygens (including phenoxy) is 1. The Morgan fingerprint density at radius 2 is 2.06 bits per heavy atom. The molecule has 6 nitrogen and oxygen atoms in total. The van der Waals surface area contributed by atoms with Crippen LogP contribution in [-0.4, -0.2) is 21.4 Å². The molecule has 0 fully saturated rings. The second kappa shape index (κ2) is 4.50. The Hall–Kier alpha value is -1.60. The van der Waals surface area contributed by atoms with Crippen LogP contribution in [0.4, 0.5) is 5.69 Å². The van der Waals surface area contributed by atoms with Crippen molar-refractivity contribution in [1.82, 2.24) is 0 Å². The van der Waals surface area contributed by atoms with E-state index >= 15 is 0 Å². The van der Waals surface area contributed by atoms with E-state index in [2.05, 4.69) is 5.32 Å². The van der Waals surface area contributed by atoms with Gasteiger partial charge in [-0.05, 0) is 12.1 Å². The molecule has 0 saturated carbocycles. The van der Waals surface area contributed by atoms with Gasteiger partial charge in [0.15, 0.2) is 0 Å². The molecule has 0 spiro atoms. The van der Waals surface area contributed by atoms with Gasteiger partial charge in [0.2, 0.25) is 15.9 Å². The van der Waals surface area contributed by atoms with Gasteiger partial charge in [0.25, 0.3) is 0 Å². The number of carbonyl (C=O) groups excluding carboxylic acids is 1. The number of nitrogens with two attached hydrogens (primary N) is 1. The van der Waals surface area contributed by atoms with E-state index in [0.29, 0.717) is 5.69 Å². The molecule has 16 heavy (non-hydrogen) atoms. The molecule has 0 bridgehead atoms. The van der Waals surface area contributed by atoms with E-state index < -0.39 is 10.0 Å². The molecule has 0 heterocycles. The van der Waals surface area contributed by atoms with Crippen molar-refractivity contribution in [2.45, 2.75) is 11.8 Å². The number of benzene rings is 1. The Morgan fingerprint density at radius 3 is 2.50 bits per heavy atom. The van der Waals surface area contributed by atoms with Crippen molar-refractivity contribution in [3.8, 4) is 5.75 Å². The van der Waals surface area contributed by atoms with Crippen LogP contribution in [0.5, 0.6) is 5.75 Å². The van der Waals surface area contributed by atoms with Crippen molar-refractivity contribution in [3.63, 3.8) is 0 Å². The number of hydrogen-bond donors (Lipinski definition) is 2. The quantitative estimate of drug-likeness (QED) is 0.798. The predicted molar refractivity (Wildman–Crippen MR) is 58.7 cm³/mol. The summed E-state index contributed by atoms with van der Waals surface area (Å²) in [5.74, 6) is -0.167. The smallest absolute Gasteiger partial charge is 0.241 e. The highest BCUT2D eigenvalue weighted by atomic mass is 32.2. The molecular weight excluding hydrogens is 232 g/mol. The van der Waals surface area contributed by atoms with Gasteiger partial charge in [-0.2, -0.15) is 0 Å². The molecule has 0 radical (unpaired) electrons. The van der Waals surface area contributed by atoms with Gasteiger partial charge in [-0.15, -0.1) is 0 Å². The minimum atomic E-state index is -3.83. The number of anilines is 1. The van der Waals surface area contributed by atoms with Crippen molar-refractivity contribution in [1.29, 1.82) is 0 Å². The number of primary sulfonamides is 1. The summed E-state index contributed by atoms with van der Waals surface area (Å²) < 4.78 is 27.2. The molecule has 0 aliphatic carbocycles. The Bertz CT molecular complexity index is 510. The van der Waals surface area contributed by atoms with Crippen LogP contribution in [0.1, 0.15) is 6.92 Å². The highest BCUT2D eigenvalue weighted by Gasteiger charge is 2.15. The van der Waals surface area contributed by atoms with Crippen LogP contribution in [0.15, 0.2) is 23.1 Å². The number of carbonyl (C=O) groups is 1. The van der Waals surface area contributed by atoms with Gasteiger partial charge < -0.3 is 10.1 Å². The number of hydrogen-bond acceptors (Lipinski definition) is 4. The van der Waals surface area contributed by atoms with Gasteiger partial charge in [0, 0.05) is 18.7 Å². The molecule has 0 atom stereocenters. The lowest BCUT2D eigenvalue weighted by Crippen LogP contribution is -2.14. The maximum atomic E-state index is 11.2. The minimum absolute atomic E-state index is 0.0914. The average molecular weight is 244 g/mol. The van der Waals surface area contributed by atoms with Crippen molar-refractivity contribution in [3.05, 3.63) is 18.2 Å². The van der Waals surface area contributed by atoms with Crippen LogP contribution in [0.3, 0.4) is 0 Å². The monoisotopic (exact) mass is 244 g/mol. The Morgan fingerprint density at radius 1 is 1.44 bits per heavy atom. The van der Waals surface area contributed by atoms with Crippen LogP contribution in [0, 0.1) is 0 Å². The summed E-state index contributed by atoms with van der Waals surface area (Å²) in [4.78, 5) is 10.7. The zero-order valence-electron chi connectivity index (χ0n) is 8.85. The van der Waals surface area contributed by atoms with Crippen LogP contribution in [0.25, 0.3) is 0 Å². The maximum absolute atomic E-state index is 11.2. The maximum Gasteiger partial charge on any atom is 0.241 e. The second-order valence-electron chi connectivity index (χ2n) is 3.09. The number of rotatable bonds is 3. The summed E-state index contributed by atoms with van der Waals surface area (Å²) in [6.45, 7) is 1.35. The Labute approximate surface area is 93.5 Å². The van der Waals surface area contributed by atoms with Crippen LogP contribution >= 0.6 is 0 Å². The molecule has 3 N–H and O–H groups in total. The summed E-state index contributed by atoms with van der Waals surface area (Å²) >= 11 is 0. The van der Waals surface area contributed by atoms with Gasteiger partial charge in [0.1, 0.15) is 10.6 Å². The highest BCUT2D eigenvalue weighted by molar-refractivity contribution is 7.89. The average Bonchev–Trinajstić information content (AvgIpc) is 2.14. The third kappa shape index (κ3) is 2.94. The molecule has 0 unspecified atom stereocenters. The number of amides is 1. The lowest BCUT2D eigenvalue weighted by atomic mass is 10.3. The second-order valence-corrected chi connectivity index (χ2v) is 4.62. The summed E-state index contributed by atoms with van der Waals surface area (Å²) in [5.41, 5.74) is 0.441. The van der Waals surface area contributed by atoms with E-state index in [4.69, 9.17) is 9.88 Å². The fourth-order valence-electron chi connectivity index (χ4n) is 1.18. The van der Waals surface area contributed by atoms with E-state index in [9.17, 15) is 13.2 Å². The lowest BCUT2D eigenvalue weighted by molar-refractivity contribution is -0.114. The van der Waals surface area contributed by atoms with E-state index in [1.807, 2.05) is 0 Å². The third-order valence-electron chi connectivity index (χ3n) is 1.79. The van der Waals surface area contributed by atoms with Crippen LogP contribution in [0.2, 0.25) is 0 Å². The highest BCUT2D eigenvalue weighted by Crippen LogP contribution is 2.26. The molecule has 1 aromatic carbocycles. The van der Waals surface area contributed by atoms with E-state index in [1.165, 1.54) is 32.2 Å². The largest absolute Gasteiger partial charge is 0.495 e. The third-order valence-corrected chi connectivity index (χ3v) is 2.74. The lowest BCUT2D eigenvalue weighted by Gasteiger charge is -2.09. The first-order valence-corrected chi connectivity index (χ1v) is 5.87. The van der Waals surface area contributed by atoms with Gasteiger partial charge in [-0.1, -0.05) is 0 Å². The molecular formula is C9H12N2O4S. The predicted octanol–water partition coefficient (Wildman–Crippen LogP) is 0.301. The van der Waals surface area contributed by atoms with Crippen LogP contribution in [-0.2, 0) is 14.8 Å². The van der Waals surface area contributed by atoms with Crippen molar-refractivity contribution >= 4 is 21.6 Å². The van der Waals surface area contributed by atoms with Gasteiger partial charge in [-0.3, -0.25) is 4.79 Å². The van der Waals surface area contributed by atoms with Crippen molar-refractivity contribution in [2.24, 2.45) is 5.14 Å². The first-order chi connectivity index (χ1) is 7.34. The molecule has 1 amide bonds. The molecule has 0 saturated heterocycles. The zero-order valence-corrected chi connectivity index (χ0v) is 9.67. The van der Waals surface area contributed by atoms with Crippen molar-refractivity contribution < 1.29 is 17.9 Å². The molecule has 88 valence electrons. The van der Waals surface area contributed by atoms with E-state index in [0.717, 1.165) is 0 Å². The number of sulfonamides is 1. The summed E-state index contributed by atoms with van der Waals surface area (Å²) in [6.07, 6.45) is 0. The molecule has 0 aliphatic rings. The van der Waals surface area contributed by atoms with E-state index in [-0.39, 0.29) is 16.6 Å². The summed E-state index contributed by atoms with van der Waals surface area (Å²) in [7, 11) is -2.51. The topological polar surface area (TPSA) is 98.5 Å². The SMILES string of the molecule is COc1cc(NC(C)=O)ccc1S(N)(=O)=O. The molecule has 1 aromatic rings. The summed E-state index contributed by atoms with van der Waals surface area (Å²) in [5, 5.41) is 7.49. The Balaban J connectivity index is 3.22. The number of methoxy groups -OCH3 is 1. The zero-order chi connectivity index (χ0) is 12.3. The molecule has 1 rings (SSSR count). The first-order valence-electron chi connectivity index (χ1n) is 4.33. The first kappa shape index (κ1) is 12.5. The summed E-state index contributed by atoms with van der Waals surface area (Å²) in [6, 6.07) is 4.10.